The topological polar surface area (TPSA) is 79.0 Å². The summed E-state index contributed by atoms with van der Waals surface area (Å²) in [5.41, 5.74) is -1.79. The molecule has 2 aromatic heterocycles. The second-order valence-corrected chi connectivity index (χ2v) is 9.12. The van der Waals surface area contributed by atoms with Gasteiger partial charge < -0.3 is 9.88 Å². The molecule has 1 saturated heterocycles. The van der Waals surface area contributed by atoms with E-state index in [1.54, 1.807) is 4.90 Å². The quantitative estimate of drug-likeness (QED) is 0.657. The van der Waals surface area contributed by atoms with E-state index >= 15 is 0 Å². The van der Waals surface area contributed by atoms with E-state index in [4.69, 9.17) is 0 Å². The monoisotopic (exact) mass is 448 g/mol. The Kier molecular flexibility index (Phi) is 4.65. The number of benzene rings is 1. The Bertz CT molecular complexity index is 1200. The van der Waals surface area contributed by atoms with Gasteiger partial charge in [0.25, 0.3) is 5.56 Å². The lowest BCUT2D eigenvalue weighted by Gasteiger charge is -2.23. The molecular weight excluding hydrogens is 429 g/mol. The summed E-state index contributed by atoms with van der Waals surface area (Å²) in [4.78, 5) is 38.1. The van der Waals surface area contributed by atoms with Crippen LogP contribution in [0.15, 0.2) is 35.1 Å². The Morgan fingerprint density at radius 1 is 1.23 bits per heavy atom. The van der Waals surface area contributed by atoms with Crippen LogP contribution in [0.4, 0.5) is 13.2 Å². The average Bonchev–Trinajstić information content (AvgIpc) is 3.22. The first-order valence-electron chi connectivity index (χ1n) is 10.1. The standard InChI is InChI=1S/C21H19F3N4O2S/c22-21(23,24)20(8-9-20)19-26-16(30)15-18(27-19)31-17(25-15)13-7-4-10-28(13)14(29)11-12-5-2-1-3-6-12/h1-3,5-6,13H,4,7-11H2,(H,26,27,30)/t13-/m1/s1. The van der Waals surface area contributed by atoms with Crippen molar-refractivity contribution in [2.24, 2.45) is 0 Å². The minimum Gasteiger partial charge on any atom is -0.333 e. The molecule has 1 amide bonds. The van der Waals surface area contributed by atoms with E-state index in [1.807, 2.05) is 30.3 Å². The van der Waals surface area contributed by atoms with Gasteiger partial charge in [0, 0.05) is 6.54 Å². The zero-order valence-corrected chi connectivity index (χ0v) is 17.2. The highest BCUT2D eigenvalue weighted by Gasteiger charge is 2.66. The molecule has 2 fully saturated rings. The number of alkyl halides is 3. The summed E-state index contributed by atoms with van der Waals surface area (Å²) in [6.07, 6.45) is -2.87. The van der Waals surface area contributed by atoms with Gasteiger partial charge in [0.15, 0.2) is 10.3 Å². The fourth-order valence-electron chi connectivity index (χ4n) is 4.19. The Morgan fingerprint density at radius 3 is 2.65 bits per heavy atom. The van der Waals surface area contributed by atoms with E-state index in [0.717, 1.165) is 23.3 Å². The van der Waals surface area contributed by atoms with Crippen LogP contribution in [0.1, 0.15) is 48.1 Å². The molecule has 0 unspecified atom stereocenters. The summed E-state index contributed by atoms with van der Waals surface area (Å²) in [7, 11) is 0. The maximum Gasteiger partial charge on any atom is 0.401 e. The third-order valence-corrected chi connectivity index (χ3v) is 7.14. The maximum atomic E-state index is 13.5. The van der Waals surface area contributed by atoms with Gasteiger partial charge in [-0.15, -0.1) is 0 Å². The van der Waals surface area contributed by atoms with Gasteiger partial charge in [-0.1, -0.05) is 41.7 Å². The summed E-state index contributed by atoms with van der Waals surface area (Å²) in [5, 5.41) is 0.543. The molecule has 1 aliphatic carbocycles. The highest BCUT2D eigenvalue weighted by Crippen LogP contribution is 2.57. The number of amides is 1. The summed E-state index contributed by atoms with van der Waals surface area (Å²) in [6.45, 7) is 0.582. The highest BCUT2D eigenvalue weighted by atomic mass is 32.1. The molecule has 3 aromatic rings. The first-order chi connectivity index (χ1) is 14.8. The van der Waals surface area contributed by atoms with E-state index in [0.29, 0.717) is 18.0 Å². The van der Waals surface area contributed by atoms with E-state index in [-0.39, 0.29) is 47.4 Å². The summed E-state index contributed by atoms with van der Waals surface area (Å²) < 4.78 is 40.4. The van der Waals surface area contributed by atoms with Crippen LogP contribution in [0.5, 0.6) is 0 Å². The molecule has 1 aromatic carbocycles. The van der Waals surface area contributed by atoms with Gasteiger partial charge in [0.05, 0.1) is 12.5 Å². The molecule has 31 heavy (non-hydrogen) atoms. The van der Waals surface area contributed by atoms with Crippen molar-refractivity contribution in [2.75, 3.05) is 6.54 Å². The number of carbonyl (C=O) groups excluding carboxylic acids is 1. The van der Waals surface area contributed by atoms with Crippen molar-refractivity contribution < 1.29 is 18.0 Å². The molecule has 0 radical (unpaired) electrons. The molecule has 10 heteroatoms. The first-order valence-corrected chi connectivity index (χ1v) is 10.9. The van der Waals surface area contributed by atoms with Crippen molar-refractivity contribution in [2.45, 2.75) is 49.7 Å². The van der Waals surface area contributed by atoms with E-state index < -0.39 is 17.2 Å². The van der Waals surface area contributed by atoms with Gasteiger partial charge in [0.1, 0.15) is 16.2 Å². The first kappa shape index (κ1) is 20.2. The smallest absolute Gasteiger partial charge is 0.333 e. The number of nitrogens with one attached hydrogen (secondary N) is 1. The number of likely N-dealkylation sites (tertiary alicyclic amines) is 1. The molecule has 0 bridgehead atoms. The number of thiazole rings is 1. The predicted molar refractivity (Wildman–Crippen MR) is 109 cm³/mol. The van der Waals surface area contributed by atoms with Crippen molar-refractivity contribution in [3.05, 3.63) is 57.1 Å². The third-order valence-electron chi connectivity index (χ3n) is 6.09. The largest absolute Gasteiger partial charge is 0.401 e. The van der Waals surface area contributed by atoms with Crippen LogP contribution in [-0.4, -0.2) is 38.5 Å². The number of fused-ring (bicyclic) bond motifs is 1. The zero-order valence-electron chi connectivity index (χ0n) is 16.4. The number of aromatic amines is 1. The van der Waals surface area contributed by atoms with Gasteiger partial charge in [0.2, 0.25) is 5.91 Å². The molecule has 5 rings (SSSR count). The highest BCUT2D eigenvalue weighted by molar-refractivity contribution is 7.18. The van der Waals surface area contributed by atoms with Crippen LogP contribution in [0, 0.1) is 0 Å². The SMILES string of the molecule is O=C(Cc1ccccc1)N1CCC[C@@H]1c1nc2c(=O)[nH]c(C3(C(F)(F)F)CC3)nc2s1. The van der Waals surface area contributed by atoms with Crippen molar-refractivity contribution >= 4 is 27.6 Å². The van der Waals surface area contributed by atoms with Crippen LogP contribution in [-0.2, 0) is 16.6 Å². The van der Waals surface area contributed by atoms with Crippen LogP contribution in [0.25, 0.3) is 10.3 Å². The van der Waals surface area contributed by atoms with E-state index in [9.17, 15) is 22.8 Å². The summed E-state index contributed by atoms with van der Waals surface area (Å²) >= 11 is 1.10. The predicted octanol–water partition coefficient (Wildman–Crippen LogP) is 3.88. The molecule has 162 valence electrons. The van der Waals surface area contributed by atoms with E-state index in [2.05, 4.69) is 15.0 Å². The Balaban J connectivity index is 1.45. The van der Waals surface area contributed by atoms with Gasteiger partial charge in [-0.05, 0) is 31.2 Å². The minimum absolute atomic E-state index is 0.0316. The van der Waals surface area contributed by atoms with Crippen LogP contribution in [0.2, 0.25) is 0 Å². The average molecular weight is 448 g/mol. The number of hydrogen-bond acceptors (Lipinski definition) is 5. The number of nitrogens with zero attached hydrogens (tertiary/aromatic N) is 3. The van der Waals surface area contributed by atoms with Crippen LogP contribution in [0.3, 0.4) is 0 Å². The van der Waals surface area contributed by atoms with Crippen molar-refractivity contribution in [1.29, 1.82) is 0 Å². The second kappa shape index (κ2) is 7.15. The summed E-state index contributed by atoms with van der Waals surface area (Å²) in [5.74, 6) is -0.374. The van der Waals surface area contributed by atoms with Gasteiger partial charge >= 0.3 is 6.18 Å². The molecule has 6 nitrogen and oxygen atoms in total. The van der Waals surface area contributed by atoms with Crippen molar-refractivity contribution in [3.8, 4) is 0 Å². The molecule has 1 atom stereocenters. The number of hydrogen-bond donors (Lipinski definition) is 1. The normalized spacial score (nSPS) is 20.4. The lowest BCUT2D eigenvalue weighted by Crippen LogP contribution is -2.32. The van der Waals surface area contributed by atoms with Crippen molar-refractivity contribution in [1.82, 2.24) is 19.9 Å². The molecule has 0 spiro atoms. The zero-order chi connectivity index (χ0) is 21.8. The number of rotatable bonds is 4. The molecule has 1 aliphatic heterocycles. The van der Waals surface area contributed by atoms with Gasteiger partial charge in [-0.2, -0.15) is 13.2 Å². The molecule has 1 saturated carbocycles. The van der Waals surface area contributed by atoms with Gasteiger partial charge in [-0.25, -0.2) is 9.97 Å². The second-order valence-electron chi connectivity index (χ2n) is 8.11. The fraction of sp³-hybridized carbons (Fsp3) is 0.429. The van der Waals surface area contributed by atoms with E-state index in [1.165, 1.54) is 0 Å². The molecule has 3 heterocycles. The van der Waals surface area contributed by atoms with Crippen LogP contribution < -0.4 is 5.56 Å². The van der Waals surface area contributed by atoms with Crippen molar-refractivity contribution in [3.63, 3.8) is 0 Å². The molecular formula is C21H19F3N4O2S. The van der Waals surface area contributed by atoms with Gasteiger partial charge in [-0.3, -0.25) is 9.59 Å². The third kappa shape index (κ3) is 3.42. The lowest BCUT2D eigenvalue weighted by molar-refractivity contribution is -0.162. The fourth-order valence-corrected chi connectivity index (χ4v) is 5.28. The molecule has 2 aliphatic rings. The number of aromatic nitrogens is 3. The number of carbonyl (C=O) groups is 1. The maximum absolute atomic E-state index is 13.5. The summed E-state index contributed by atoms with van der Waals surface area (Å²) in [6, 6.07) is 9.12. The Hall–Kier alpha value is -2.75. The Labute approximate surface area is 179 Å². The van der Waals surface area contributed by atoms with Crippen LogP contribution >= 0.6 is 11.3 Å². The molecule has 1 N–H and O–H groups in total. The number of H-pyrrole nitrogens is 1. The minimum atomic E-state index is -4.46. The lowest BCUT2D eigenvalue weighted by atomic mass is 10.1. The number of halogens is 3. The Morgan fingerprint density at radius 2 is 1.97 bits per heavy atom.